The molecule has 1 saturated carbocycles. The summed E-state index contributed by atoms with van der Waals surface area (Å²) in [4.78, 5) is 19.2. The third-order valence-corrected chi connectivity index (χ3v) is 4.84. The van der Waals surface area contributed by atoms with Crippen molar-refractivity contribution in [1.29, 1.82) is 0 Å². The number of nitrogens with zero attached hydrogens (tertiary/aromatic N) is 2. The second-order valence-corrected chi connectivity index (χ2v) is 6.12. The molecule has 2 heterocycles. The molecule has 18 heavy (non-hydrogen) atoms. The fraction of sp³-hybridized carbons (Fsp3) is 0.500. The minimum atomic E-state index is -0.462. The van der Waals surface area contributed by atoms with Gasteiger partial charge in [-0.3, -0.25) is 9.69 Å². The quantitative estimate of drug-likeness (QED) is 0.778. The fourth-order valence-corrected chi connectivity index (χ4v) is 3.51. The summed E-state index contributed by atoms with van der Waals surface area (Å²) >= 11 is 1.51. The minimum absolute atomic E-state index is 0.0290. The Hall–Kier alpha value is -1.30. The lowest BCUT2D eigenvalue weighted by Crippen LogP contribution is -2.49. The topological polar surface area (TPSA) is 58.7 Å². The van der Waals surface area contributed by atoms with E-state index >= 15 is 0 Å². The number of nitrogens with two attached hydrogens (primary N) is 1. The van der Waals surface area contributed by atoms with Crippen molar-refractivity contribution in [1.82, 2.24) is 4.90 Å². The van der Waals surface area contributed by atoms with E-state index in [2.05, 4.69) is 4.99 Å². The van der Waals surface area contributed by atoms with Gasteiger partial charge in [-0.15, -0.1) is 0 Å². The third kappa shape index (κ3) is 1.67. The zero-order valence-corrected chi connectivity index (χ0v) is 11.0. The Kier molecular flexibility index (Phi) is 2.52. The third-order valence-electron chi connectivity index (χ3n) is 3.76. The zero-order valence-electron chi connectivity index (χ0n) is 10.2. The van der Waals surface area contributed by atoms with E-state index in [0.717, 1.165) is 22.5 Å². The number of carbonyl (C=O) groups excluding carboxylic acids is 1. The first-order chi connectivity index (χ1) is 8.53. The maximum absolute atomic E-state index is 12.1. The van der Waals surface area contributed by atoms with Gasteiger partial charge in [0.1, 0.15) is 13.4 Å². The predicted octanol–water partition coefficient (Wildman–Crippen LogP) is 0.324. The first kappa shape index (κ1) is 11.8. The SMILES string of the molecule is [B]c1ccc(C2(C3CC3)CC(=O)N(C)C(N)=N2)s1. The van der Waals surface area contributed by atoms with Gasteiger partial charge in [0.25, 0.3) is 0 Å². The molecule has 1 amide bonds. The van der Waals surface area contributed by atoms with Crippen LogP contribution < -0.4 is 10.5 Å². The van der Waals surface area contributed by atoms with E-state index in [0.29, 0.717) is 18.3 Å². The van der Waals surface area contributed by atoms with Crippen LogP contribution in [0.25, 0.3) is 0 Å². The van der Waals surface area contributed by atoms with E-state index in [1.165, 1.54) is 16.2 Å². The molecule has 1 atom stereocenters. The number of hydrogen-bond acceptors (Lipinski definition) is 4. The summed E-state index contributed by atoms with van der Waals surface area (Å²) in [5.41, 5.74) is 5.42. The minimum Gasteiger partial charge on any atom is -0.369 e. The van der Waals surface area contributed by atoms with Crippen molar-refractivity contribution in [2.45, 2.75) is 24.8 Å². The van der Waals surface area contributed by atoms with Crippen LogP contribution in [0.15, 0.2) is 17.1 Å². The van der Waals surface area contributed by atoms with E-state index in [-0.39, 0.29) is 5.91 Å². The van der Waals surface area contributed by atoms with Gasteiger partial charge >= 0.3 is 0 Å². The Morgan fingerprint density at radius 3 is 2.78 bits per heavy atom. The summed E-state index contributed by atoms with van der Waals surface area (Å²) in [7, 11) is 7.47. The highest BCUT2D eigenvalue weighted by atomic mass is 32.1. The van der Waals surface area contributed by atoms with Gasteiger partial charge in [0.05, 0.1) is 6.42 Å². The summed E-state index contributed by atoms with van der Waals surface area (Å²) < 4.78 is 0.755. The second-order valence-electron chi connectivity index (χ2n) is 5.00. The van der Waals surface area contributed by atoms with Crippen molar-refractivity contribution in [3.05, 3.63) is 17.0 Å². The molecule has 1 fully saturated rings. The molecule has 1 aliphatic carbocycles. The number of hydrogen-bond donors (Lipinski definition) is 1. The number of rotatable bonds is 2. The van der Waals surface area contributed by atoms with Crippen molar-refractivity contribution < 1.29 is 4.79 Å². The average molecular weight is 259 g/mol. The van der Waals surface area contributed by atoms with Crippen molar-refractivity contribution >= 4 is 35.8 Å². The molecule has 2 aliphatic rings. The highest BCUT2D eigenvalue weighted by Crippen LogP contribution is 2.52. The van der Waals surface area contributed by atoms with Crippen LogP contribution in [0.1, 0.15) is 24.1 Å². The van der Waals surface area contributed by atoms with Crippen LogP contribution in [0, 0.1) is 5.92 Å². The molecule has 0 spiro atoms. The number of guanidine groups is 1. The largest absolute Gasteiger partial charge is 0.369 e. The van der Waals surface area contributed by atoms with Crippen LogP contribution in [-0.4, -0.2) is 31.7 Å². The molecule has 1 aromatic heterocycles. The molecule has 1 unspecified atom stereocenters. The molecule has 4 nitrogen and oxygen atoms in total. The van der Waals surface area contributed by atoms with Gasteiger partial charge in [0.2, 0.25) is 5.91 Å². The maximum atomic E-state index is 12.1. The molecule has 3 rings (SSSR count). The first-order valence-electron chi connectivity index (χ1n) is 6.00. The summed E-state index contributed by atoms with van der Waals surface area (Å²) in [5.74, 6) is 0.762. The molecule has 92 valence electrons. The number of carbonyl (C=O) groups is 1. The van der Waals surface area contributed by atoms with Crippen molar-refractivity contribution in [2.24, 2.45) is 16.6 Å². The van der Waals surface area contributed by atoms with Crippen molar-refractivity contribution in [3.63, 3.8) is 0 Å². The lowest BCUT2D eigenvalue weighted by Gasteiger charge is -2.35. The molecule has 0 aromatic carbocycles. The Bertz CT molecular complexity index is 537. The fourth-order valence-electron chi connectivity index (χ4n) is 2.52. The summed E-state index contributed by atoms with van der Waals surface area (Å²) in [6.45, 7) is 0. The molecule has 1 aromatic rings. The molecular weight excluding hydrogens is 245 g/mol. The van der Waals surface area contributed by atoms with Crippen molar-refractivity contribution in [3.8, 4) is 0 Å². The van der Waals surface area contributed by atoms with E-state index < -0.39 is 5.54 Å². The monoisotopic (exact) mass is 259 g/mol. The van der Waals surface area contributed by atoms with Crippen LogP contribution in [0.3, 0.4) is 0 Å². The van der Waals surface area contributed by atoms with Gasteiger partial charge in [-0.25, -0.2) is 4.99 Å². The zero-order chi connectivity index (χ0) is 12.9. The predicted molar refractivity (Wildman–Crippen MR) is 73.1 cm³/mol. The normalized spacial score (nSPS) is 28.4. The van der Waals surface area contributed by atoms with Gasteiger partial charge < -0.3 is 5.73 Å². The molecule has 2 radical (unpaired) electrons. The molecular formula is C12H14BN3OS. The van der Waals surface area contributed by atoms with Gasteiger partial charge in [-0.05, 0) is 29.6 Å². The second kappa shape index (κ2) is 3.85. The van der Waals surface area contributed by atoms with Gasteiger partial charge in [0.15, 0.2) is 5.96 Å². The van der Waals surface area contributed by atoms with Crippen LogP contribution in [-0.2, 0) is 10.3 Å². The van der Waals surface area contributed by atoms with E-state index in [4.69, 9.17) is 13.6 Å². The Morgan fingerprint density at radius 2 is 2.28 bits per heavy atom. The Labute approximate surface area is 111 Å². The summed E-state index contributed by atoms with van der Waals surface area (Å²) in [6.07, 6.45) is 2.60. The van der Waals surface area contributed by atoms with Crippen LogP contribution in [0.2, 0.25) is 0 Å². The standard InChI is InChI=1S/C12H14BN3OS/c1-16-10(17)6-12(7-2-3-7,15-11(16)14)8-4-5-9(13)18-8/h4-5,7H,2-3,6H2,1H3,(H2,14,15). The molecule has 0 saturated heterocycles. The molecule has 6 heteroatoms. The lowest BCUT2D eigenvalue weighted by molar-refractivity contribution is -0.128. The first-order valence-corrected chi connectivity index (χ1v) is 6.82. The van der Waals surface area contributed by atoms with E-state index in [1.54, 1.807) is 7.05 Å². The van der Waals surface area contributed by atoms with Crippen LogP contribution in [0.4, 0.5) is 0 Å². The van der Waals surface area contributed by atoms with Gasteiger partial charge in [-0.1, -0.05) is 6.07 Å². The van der Waals surface area contributed by atoms with Gasteiger partial charge in [0, 0.05) is 11.9 Å². The van der Waals surface area contributed by atoms with Gasteiger partial charge in [-0.2, -0.15) is 11.3 Å². The van der Waals surface area contributed by atoms with Crippen LogP contribution in [0.5, 0.6) is 0 Å². The molecule has 0 bridgehead atoms. The summed E-state index contributed by atoms with van der Waals surface area (Å²) in [5, 5.41) is 0. The molecule has 2 N–H and O–H groups in total. The summed E-state index contributed by atoms with van der Waals surface area (Å²) in [6, 6.07) is 3.85. The van der Waals surface area contributed by atoms with Crippen molar-refractivity contribution in [2.75, 3.05) is 7.05 Å². The van der Waals surface area contributed by atoms with E-state index in [9.17, 15) is 4.79 Å². The number of thiophene rings is 1. The molecule has 1 aliphatic heterocycles. The Morgan fingerprint density at radius 1 is 1.56 bits per heavy atom. The van der Waals surface area contributed by atoms with E-state index in [1.807, 2.05) is 12.1 Å². The maximum Gasteiger partial charge on any atom is 0.231 e. The number of amides is 1. The Balaban J connectivity index is 2.10. The highest BCUT2D eigenvalue weighted by molar-refractivity contribution is 7.20. The average Bonchev–Trinajstić information content (AvgIpc) is 3.09. The van der Waals surface area contributed by atoms with Crippen LogP contribution >= 0.6 is 11.3 Å². The number of aliphatic imine (C=N–C) groups is 1. The smallest absolute Gasteiger partial charge is 0.231 e. The highest BCUT2D eigenvalue weighted by Gasteiger charge is 2.51. The lowest BCUT2D eigenvalue weighted by atomic mass is 9.86.